The molecule has 0 bridgehead atoms. The number of nitrogens with zero attached hydrogens (tertiary/aromatic N) is 1. The molecule has 0 spiro atoms. The Labute approximate surface area is 255 Å². The molecule has 0 saturated carbocycles. The normalized spacial score (nSPS) is 14.8. The number of carbonyl (C=O) groups is 2. The van der Waals surface area contributed by atoms with Gasteiger partial charge in [-0.2, -0.15) is 0 Å². The molecule has 0 unspecified atom stereocenters. The topological polar surface area (TPSA) is 81.9 Å². The minimum atomic E-state index is -0.719. The number of benzene rings is 3. The molecule has 0 aliphatic carbocycles. The van der Waals surface area contributed by atoms with E-state index in [0.717, 1.165) is 57.3 Å². The number of hydrogen-bond donors (Lipinski definition) is 1. The number of rotatable bonds is 15. The van der Waals surface area contributed by atoms with Crippen LogP contribution in [0.3, 0.4) is 0 Å². The highest BCUT2D eigenvalue weighted by Gasteiger charge is 2.21. The van der Waals surface area contributed by atoms with E-state index in [1.54, 1.807) is 24.3 Å². The lowest BCUT2D eigenvalue weighted by Gasteiger charge is -2.32. The quantitative estimate of drug-likeness (QED) is 0.142. The van der Waals surface area contributed by atoms with Crippen molar-refractivity contribution >= 4 is 23.5 Å². The van der Waals surface area contributed by atoms with Crippen LogP contribution in [0.25, 0.3) is 0 Å². The minimum Gasteiger partial charge on any atom is -0.493 e. The zero-order chi connectivity index (χ0) is 29.7. The highest BCUT2D eigenvalue weighted by molar-refractivity contribution is 6.30. The van der Waals surface area contributed by atoms with Crippen LogP contribution in [-0.4, -0.2) is 36.5 Å². The van der Waals surface area contributed by atoms with Crippen molar-refractivity contribution in [2.75, 3.05) is 19.7 Å². The van der Waals surface area contributed by atoms with Crippen LogP contribution < -0.4 is 10.5 Å². The molecule has 0 aromatic heterocycles. The zero-order valence-electron chi connectivity index (χ0n) is 24.6. The Balaban J connectivity index is 1.25. The van der Waals surface area contributed by atoms with Crippen LogP contribution in [0.4, 0.5) is 4.79 Å². The maximum atomic E-state index is 12.9. The molecule has 7 heteroatoms. The predicted octanol–water partition coefficient (Wildman–Crippen LogP) is 8.36. The van der Waals surface area contributed by atoms with Gasteiger partial charge in [0.1, 0.15) is 11.9 Å². The summed E-state index contributed by atoms with van der Waals surface area (Å²) in [5.41, 5.74) is 8.84. The fourth-order valence-corrected chi connectivity index (χ4v) is 5.66. The summed E-state index contributed by atoms with van der Waals surface area (Å²) < 4.78 is 11.6. The Morgan fingerprint density at radius 1 is 0.929 bits per heavy atom. The van der Waals surface area contributed by atoms with Gasteiger partial charge in [0.15, 0.2) is 5.78 Å². The first kappa shape index (κ1) is 31.6. The Morgan fingerprint density at radius 2 is 1.67 bits per heavy atom. The second-order valence-electron chi connectivity index (χ2n) is 11.3. The largest absolute Gasteiger partial charge is 0.493 e. The average molecular weight is 591 g/mol. The smallest absolute Gasteiger partial charge is 0.405 e. The van der Waals surface area contributed by atoms with Gasteiger partial charge < -0.3 is 15.2 Å². The number of likely N-dealkylation sites (tertiary alicyclic amines) is 1. The molecule has 0 radical (unpaired) electrons. The van der Waals surface area contributed by atoms with Gasteiger partial charge in [-0.05, 0) is 92.2 Å². The summed E-state index contributed by atoms with van der Waals surface area (Å²) in [5.74, 6) is 1.13. The average Bonchev–Trinajstić information content (AvgIpc) is 3.00. The monoisotopic (exact) mass is 590 g/mol. The number of unbranched alkanes of at least 4 members (excludes halogenated alkanes) is 4. The summed E-state index contributed by atoms with van der Waals surface area (Å²) in [4.78, 5) is 26.9. The molecule has 3 aromatic carbocycles. The van der Waals surface area contributed by atoms with Gasteiger partial charge in [0.05, 0.1) is 6.61 Å². The second kappa shape index (κ2) is 16.3. The summed E-state index contributed by atoms with van der Waals surface area (Å²) in [6.45, 7) is 5.68. The number of ether oxygens (including phenoxy) is 2. The van der Waals surface area contributed by atoms with Crippen LogP contribution >= 0.6 is 11.6 Å². The van der Waals surface area contributed by atoms with Crippen LogP contribution in [0.15, 0.2) is 72.8 Å². The summed E-state index contributed by atoms with van der Waals surface area (Å²) in [6, 6.07) is 22.7. The first-order valence-electron chi connectivity index (χ1n) is 15.2. The first-order valence-corrected chi connectivity index (χ1v) is 15.6. The van der Waals surface area contributed by atoms with Gasteiger partial charge in [0.2, 0.25) is 0 Å². The summed E-state index contributed by atoms with van der Waals surface area (Å²) in [6.07, 6.45) is 7.67. The molecule has 6 nitrogen and oxygen atoms in total. The van der Waals surface area contributed by atoms with Crippen molar-refractivity contribution in [3.05, 3.63) is 100 Å². The van der Waals surface area contributed by atoms with E-state index in [4.69, 9.17) is 26.8 Å². The molecule has 42 heavy (non-hydrogen) atoms. The van der Waals surface area contributed by atoms with Gasteiger partial charge in [-0.3, -0.25) is 9.69 Å². The Hall–Kier alpha value is -3.35. The van der Waals surface area contributed by atoms with Crippen molar-refractivity contribution in [3.8, 4) is 5.75 Å². The number of amides is 1. The van der Waals surface area contributed by atoms with Crippen molar-refractivity contribution in [2.24, 2.45) is 11.7 Å². The van der Waals surface area contributed by atoms with Crippen molar-refractivity contribution in [1.82, 2.24) is 4.90 Å². The van der Waals surface area contributed by atoms with Crippen LogP contribution in [0.1, 0.15) is 91.4 Å². The van der Waals surface area contributed by atoms with Crippen molar-refractivity contribution in [1.29, 1.82) is 0 Å². The second-order valence-corrected chi connectivity index (χ2v) is 11.7. The van der Waals surface area contributed by atoms with Crippen LogP contribution in [0.5, 0.6) is 5.75 Å². The number of primary amides is 1. The van der Waals surface area contributed by atoms with Gasteiger partial charge in [-0.15, -0.1) is 0 Å². The summed E-state index contributed by atoms with van der Waals surface area (Å²) in [7, 11) is 0. The summed E-state index contributed by atoms with van der Waals surface area (Å²) in [5, 5.41) is 0.607. The Morgan fingerprint density at radius 3 is 2.40 bits per heavy atom. The molecule has 224 valence electrons. The summed E-state index contributed by atoms with van der Waals surface area (Å²) >= 11 is 5.96. The fraction of sp³-hybridized carbons (Fsp3) is 0.429. The molecule has 1 aliphatic rings. The number of nitrogens with two attached hydrogens (primary N) is 1. The third-order valence-electron chi connectivity index (χ3n) is 7.95. The van der Waals surface area contributed by atoms with E-state index in [1.807, 2.05) is 36.4 Å². The zero-order valence-corrected chi connectivity index (χ0v) is 25.4. The van der Waals surface area contributed by atoms with Crippen molar-refractivity contribution < 1.29 is 19.1 Å². The van der Waals surface area contributed by atoms with E-state index in [2.05, 4.69) is 24.0 Å². The molecular weight excluding hydrogens is 548 g/mol. The van der Waals surface area contributed by atoms with E-state index < -0.39 is 6.09 Å². The molecular formula is C35H43ClN2O4. The van der Waals surface area contributed by atoms with E-state index in [9.17, 15) is 9.59 Å². The van der Waals surface area contributed by atoms with Gasteiger partial charge in [0.25, 0.3) is 0 Å². The van der Waals surface area contributed by atoms with Gasteiger partial charge in [-0.25, -0.2) is 4.79 Å². The van der Waals surface area contributed by atoms with E-state index in [-0.39, 0.29) is 11.9 Å². The minimum absolute atomic E-state index is 0.0472. The maximum Gasteiger partial charge on any atom is 0.405 e. The number of piperidine rings is 1. The molecule has 1 amide bonds. The van der Waals surface area contributed by atoms with Crippen molar-refractivity contribution in [2.45, 2.75) is 70.9 Å². The molecule has 1 fully saturated rings. The first-order chi connectivity index (χ1) is 20.4. The molecule has 1 heterocycles. The van der Waals surface area contributed by atoms with Gasteiger partial charge in [0, 0.05) is 22.7 Å². The standard InChI is InChI=1S/C35H43ClN2O4/c1-2-3-4-5-6-13-33(42-35(37)40)29-10-7-9-27(22-29)24-38-20-18-26(19-21-38)25-41-32-12-8-11-30(23-32)34(39)28-14-16-31(36)17-15-28/h7-12,14-17,22-23,26,33H,2-6,13,18-21,24-25H2,1H3,(H2,37,40)/t33-/m0/s1. The molecule has 1 aliphatic heterocycles. The Bertz CT molecular complexity index is 1290. The molecule has 1 saturated heterocycles. The highest BCUT2D eigenvalue weighted by atomic mass is 35.5. The number of hydrogen-bond acceptors (Lipinski definition) is 5. The Kier molecular flexibility index (Phi) is 12.3. The molecule has 4 rings (SSSR count). The number of ketones is 1. The van der Waals surface area contributed by atoms with Crippen LogP contribution in [0.2, 0.25) is 5.02 Å². The SMILES string of the molecule is CCCCCCC[C@H](OC(N)=O)c1cccc(CN2CCC(COc3cccc(C(=O)c4ccc(Cl)cc4)c3)CC2)c1. The third kappa shape index (κ3) is 9.88. The van der Waals surface area contributed by atoms with Crippen LogP contribution in [-0.2, 0) is 11.3 Å². The lowest BCUT2D eigenvalue weighted by molar-refractivity contribution is 0.0990. The van der Waals surface area contributed by atoms with E-state index in [1.165, 1.54) is 24.8 Å². The van der Waals surface area contributed by atoms with Crippen molar-refractivity contribution in [3.63, 3.8) is 0 Å². The highest BCUT2D eigenvalue weighted by Crippen LogP contribution is 2.27. The predicted molar refractivity (Wildman–Crippen MR) is 168 cm³/mol. The molecule has 3 aromatic rings. The third-order valence-corrected chi connectivity index (χ3v) is 8.20. The lowest BCUT2D eigenvalue weighted by atomic mass is 9.96. The number of carbonyl (C=O) groups excluding carboxylic acids is 2. The molecule has 1 atom stereocenters. The lowest BCUT2D eigenvalue weighted by Crippen LogP contribution is -2.35. The molecule has 2 N–H and O–H groups in total. The fourth-order valence-electron chi connectivity index (χ4n) is 5.54. The number of halogens is 1. The van der Waals surface area contributed by atoms with Gasteiger partial charge in [-0.1, -0.05) is 80.6 Å². The van der Waals surface area contributed by atoms with Gasteiger partial charge >= 0.3 is 6.09 Å². The van der Waals surface area contributed by atoms with E-state index in [0.29, 0.717) is 34.4 Å². The maximum absolute atomic E-state index is 12.9. The van der Waals surface area contributed by atoms with Crippen LogP contribution in [0, 0.1) is 5.92 Å². The van der Waals surface area contributed by atoms with E-state index >= 15 is 0 Å².